The summed E-state index contributed by atoms with van der Waals surface area (Å²) in [6, 6.07) is 4.03. The maximum absolute atomic E-state index is 13.0. The third-order valence-electron chi connectivity index (χ3n) is 2.86. The van der Waals surface area contributed by atoms with Gasteiger partial charge in [0, 0.05) is 18.8 Å². The van der Waals surface area contributed by atoms with Gasteiger partial charge in [-0.2, -0.15) is 13.2 Å². The van der Waals surface area contributed by atoms with Gasteiger partial charge in [0.1, 0.15) is 0 Å². The summed E-state index contributed by atoms with van der Waals surface area (Å²) in [4.78, 5) is 12.4. The summed E-state index contributed by atoms with van der Waals surface area (Å²) < 4.78 is 39.1. The van der Waals surface area contributed by atoms with E-state index in [0.717, 1.165) is 6.07 Å². The lowest BCUT2D eigenvalue weighted by Gasteiger charge is -2.23. The lowest BCUT2D eigenvalue weighted by atomic mass is 10.1. The van der Waals surface area contributed by atoms with Crippen LogP contribution in [0.2, 0.25) is 0 Å². The molecule has 0 atom stereocenters. The van der Waals surface area contributed by atoms with Crippen molar-refractivity contribution in [3.05, 3.63) is 29.3 Å². The van der Waals surface area contributed by atoms with Crippen LogP contribution in [0.3, 0.4) is 0 Å². The minimum atomic E-state index is -4.44. The third-order valence-corrected chi connectivity index (χ3v) is 2.86. The fraction of sp³-hybridized carbons (Fsp3) is 0.462. The minimum absolute atomic E-state index is 0.112. The van der Waals surface area contributed by atoms with Crippen LogP contribution >= 0.6 is 0 Å². The van der Waals surface area contributed by atoms with Gasteiger partial charge >= 0.3 is 6.18 Å². The molecule has 0 heterocycles. The highest BCUT2D eigenvalue weighted by Crippen LogP contribution is 2.34. The smallest absolute Gasteiger partial charge is 0.368 e. The maximum atomic E-state index is 13.0. The molecule has 1 amide bonds. The first-order valence-electron chi connectivity index (χ1n) is 6.17. The van der Waals surface area contributed by atoms with Crippen LogP contribution in [0, 0.1) is 0 Å². The van der Waals surface area contributed by atoms with E-state index in [-0.39, 0.29) is 18.7 Å². The van der Waals surface area contributed by atoms with Gasteiger partial charge in [-0.25, -0.2) is 0 Å². The van der Waals surface area contributed by atoms with Crippen LogP contribution in [-0.2, 0) is 17.5 Å². The molecule has 112 valence electrons. The second kappa shape index (κ2) is 6.60. The van der Waals surface area contributed by atoms with Gasteiger partial charge in [-0.05, 0) is 31.7 Å². The molecule has 0 spiro atoms. The van der Waals surface area contributed by atoms with Crippen molar-refractivity contribution >= 4 is 11.6 Å². The number of alkyl halides is 3. The van der Waals surface area contributed by atoms with Crippen molar-refractivity contribution in [3.63, 3.8) is 0 Å². The average molecular weight is 289 g/mol. The third kappa shape index (κ3) is 4.12. The summed E-state index contributed by atoms with van der Waals surface area (Å²) >= 11 is 0. The van der Waals surface area contributed by atoms with Crippen molar-refractivity contribution in [2.75, 3.05) is 25.0 Å². The summed E-state index contributed by atoms with van der Waals surface area (Å²) in [6.07, 6.45) is -4.44. The molecule has 0 unspecified atom stereocenters. The van der Waals surface area contributed by atoms with Crippen LogP contribution in [0.5, 0.6) is 0 Å². The number of carbonyl (C=O) groups excluding carboxylic acids is 1. The van der Waals surface area contributed by atoms with E-state index >= 15 is 0 Å². The molecule has 4 nitrogen and oxygen atoms in total. The van der Waals surface area contributed by atoms with Crippen molar-refractivity contribution in [3.8, 4) is 0 Å². The van der Waals surface area contributed by atoms with Crippen LogP contribution in [0.15, 0.2) is 18.2 Å². The fourth-order valence-corrected chi connectivity index (χ4v) is 1.94. The number of benzene rings is 1. The molecule has 1 rings (SSSR count). The first kappa shape index (κ1) is 16.3. The van der Waals surface area contributed by atoms with E-state index in [4.69, 9.17) is 5.73 Å². The molecule has 0 fully saturated rings. The molecular formula is C13H18F3N3O. The molecule has 0 aliphatic heterocycles. The zero-order chi connectivity index (χ0) is 15.3. The zero-order valence-corrected chi connectivity index (χ0v) is 11.4. The van der Waals surface area contributed by atoms with Crippen LogP contribution in [0.4, 0.5) is 18.9 Å². The molecule has 1 aromatic rings. The van der Waals surface area contributed by atoms with E-state index in [1.54, 1.807) is 20.0 Å². The van der Waals surface area contributed by atoms with Gasteiger partial charge in [-0.3, -0.25) is 4.79 Å². The van der Waals surface area contributed by atoms with E-state index in [2.05, 4.69) is 5.32 Å². The monoisotopic (exact) mass is 289 g/mol. The summed E-state index contributed by atoms with van der Waals surface area (Å²) in [7, 11) is 1.58. The number of nitrogens with zero attached hydrogens (tertiary/aromatic N) is 1. The van der Waals surface area contributed by atoms with Gasteiger partial charge in [-0.15, -0.1) is 0 Å². The van der Waals surface area contributed by atoms with Crippen molar-refractivity contribution in [2.45, 2.75) is 19.6 Å². The number of hydrogen-bond donors (Lipinski definition) is 2. The van der Waals surface area contributed by atoms with Crippen molar-refractivity contribution in [1.82, 2.24) is 5.32 Å². The zero-order valence-electron chi connectivity index (χ0n) is 11.4. The van der Waals surface area contributed by atoms with Crippen LogP contribution in [0.1, 0.15) is 18.1 Å². The Labute approximate surface area is 115 Å². The van der Waals surface area contributed by atoms with Crippen molar-refractivity contribution in [2.24, 2.45) is 5.73 Å². The Morgan fingerprint density at radius 3 is 2.50 bits per heavy atom. The number of carbonyl (C=O) groups is 1. The molecule has 3 N–H and O–H groups in total. The average Bonchev–Trinajstić information content (AvgIpc) is 2.35. The Balaban J connectivity index is 3.20. The van der Waals surface area contributed by atoms with E-state index in [9.17, 15) is 18.0 Å². The summed E-state index contributed by atoms with van der Waals surface area (Å²) in [6.45, 7) is 2.15. The fourth-order valence-electron chi connectivity index (χ4n) is 1.94. The van der Waals surface area contributed by atoms with Crippen molar-refractivity contribution < 1.29 is 18.0 Å². The maximum Gasteiger partial charge on any atom is 0.416 e. The number of likely N-dealkylation sites (N-methyl/N-ethyl adjacent to an activating group) is 1. The molecule has 0 aliphatic carbocycles. The lowest BCUT2D eigenvalue weighted by molar-refractivity contribution is -0.138. The highest BCUT2D eigenvalue weighted by Gasteiger charge is 2.33. The van der Waals surface area contributed by atoms with Crippen LogP contribution in [0.25, 0.3) is 0 Å². The molecule has 7 heteroatoms. The van der Waals surface area contributed by atoms with Gasteiger partial charge in [0.25, 0.3) is 0 Å². The van der Waals surface area contributed by atoms with E-state index < -0.39 is 17.6 Å². The number of halogens is 3. The molecule has 0 bridgehead atoms. The van der Waals surface area contributed by atoms with Gasteiger partial charge in [0.2, 0.25) is 5.91 Å². The Hall–Kier alpha value is -1.76. The molecule has 0 saturated carbocycles. The molecule has 0 saturated heterocycles. The normalized spacial score (nSPS) is 11.4. The van der Waals surface area contributed by atoms with Gasteiger partial charge in [0.05, 0.1) is 12.1 Å². The molecule has 0 aliphatic rings. The van der Waals surface area contributed by atoms with Crippen molar-refractivity contribution in [1.29, 1.82) is 0 Å². The van der Waals surface area contributed by atoms with E-state index in [0.29, 0.717) is 12.2 Å². The SMILES string of the molecule is CCN(CC(N)=O)c1ccc(CNC)c(C(F)(F)F)c1. The number of primary amides is 1. The Morgan fingerprint density at radius 2 is 2.05 bits per heavy atom. The number of amides is 1. The first-order valence-corrected chi connectivity index (χ1v) is 6.17. The van der Waals surface area contributed by atoms with Crippen LogP contribution < -0.4 is 16.0 Å². The number of rotatable bonds is 6. The largest absolute Gasteiger partial charge is 0.416 e. The Kier molecular flexibility index (Phi) is 5.38. The molecular weight excluding hydrogens is 271 g/mol. The van der Waals surface area contributed by atoms with Gasteiger partial charge < -0.3 is 16.0 Å². The molecule has 0 radical (unpaired) electrons. The number of nitrogens with one attached hydrogen (secondary N) is 1. The second-order valence-electron chi connectivity index (χ2n) is 4.35. The summed E-state index contributed by atoms with van der Waals surface area (Å²) in [5.41, 5.74) is 4.89. The topological polar surface area (TPSA) is 58.4 Å². The molecule has 0 aromatic heterocycles. The second-order valence-corrected chi connectivity index (χ2v) is 4.35. The number of hydrogen-bond acceptors (Lipinski definition) is 3. The number of anilines is 1. The van der Waals surface area contributed by atoms with Crippen LogP contribution in [-0.4, -0.2) is 26.0 Å². The molecule has 20 heavy (non-hydrogen) atoms. The summed E-state index contributed by atoms with van der Waals surface area (Å²) in [5.74, 6) is -0.584. The highest BCUT2D eigenvalue weighted by molar-refractivity contribution is 5.79. The van der Waals surface area contributed by atoms with E-state index in [1.807, 2.05) is 0 Å². The molecule has 1 aromatic carbocycles. The number of nitrogens with two attached hydrogens (primary N) is 1. The first-order chi connectivity index (χ1) is 9.29. The Bertz CT molecular complexity index is 474. The lowest BCUT2D eigenvalue weighted by Crippen LogP contribution is -2.33. The van der Waals surface area contributed by atoms with E-state index in [1.165, 1.54) is 11.0 Å². The predicted octanol–water partition coefficient (Wildman–Crippen LogP) is 1.74. The highest BCUT2D eigenvalue weighted by atomic mass is 19.4. The summed E-state index contributed by atoms with van der Waals surface area (Å²) in [5, 5.41) is 2.70. The quantitative estimate of drug-likeness (QED) is 0.838. The minimum Gasteiger partial charge on any atom is -0.368 e. The predicted molar refractivity (Wildman–Crippen MR) is 71.3 cm³/mol. The van der Waals surface area contributed by atoms with Gasteiger partial charge in [-0.1, -0.05) is 6.07 Å². The van der Waals surface area contributed by atoms with Gasteiger partial charge in [0.15, 0.2) is 0 Å². The Morgan fingerprint density at radius 1 is 1.40 bits per heavy atom. The standard InChI is InChI=1S/C13H18F3N3O/c1-3-19(8-12(17)20)10-5-4-9(7-18-2)11(6-10)13(14,15)16/h4-6,18H,3,7-8H2,1-2H3,(H2,17,20).